The second kappa shape index (κ2) is 12.2. The van der Waals surface area contributed by atoms with Crippen molar-refractivity contribution >= 4 is 23.6 Å². The molecule has 4 rings (SSSR count). The first-order valence-electron chi connectivity index (χ1n) is 12.4. The standard InChI is InChI=1S/C31H33NO4/c1-35-27-21-19-26(20-22-27)32-30(28(31(32)34)13-8-12-23-9-4-3-5-10-23)25-17-15-24(16-18-25)11-6-7-14-29(33)36-2/h3-6,9-11,15-22,28,30H,7-8,12-14H2,1-2H3/b11-6+/t28-,30-/m1/s1. The number of carbonyl (C=O) groups is 2. The van der Waals surface area contributed by atoms with Gasteiger partial charge >= 0.3 is 5.97 Å². The molecule has 1 fully saturated rings. The lowest BCUT2D eigenvalue weighted by Crippen LogP contribution is -2.55. The molecule has 5 heteroatoms. The highest BCUT2D eigenvalue weighted by Crippen LogP contribution is 2.46. The number of allylic oxidation sites excluding steroid dienone is 1. The smallest absolute Gasteiger partial charge is 0.305 e. The second-order valence-electron chi connectivity index (χ2n) is 9.02. The van der Waals surface area contributed by atoms with Gasteiger partial charge in [0.25, 0.3) is 0 Å². The lowest BCUT2D eigenvalue weighted by Gasteiger charge is -2.47. The Labute approximate surface area is 213 Å². The van der Waals surface area contributed by atoms with Crippen molar-refractivity contribution in [3.63, 3.8) is 0 Å². The van der Waals surface area contributed by atoms with Gasteiger partial charge in [-0.2, -0.15) is 0 Å². The predicted molar refractivity (Wildman–Crippen MR) is 143 cm³/mol. The van der Waals surface area contributed by atoms with Crippen LogP contribution in [0.1, 0.15) is 48.4 Å². The van der Waals surface area contributed by atoms with Crippen LogP contribution in [0.4, 0.5) is 5.69 Å². The number of hydrogen-bond donors (Lipinski definition) is 0. The fourth-order valence-corrected chi connectivity index (χ4v) is 4.74. The number of carbonyl (C=O) groups excluding carboxylic acids is 2. The lowest BCUT2D eigenvalue weighted by molar-refractivity contribution is -0.140. The fourth-order valence-electron chi connectivity index (χ4n) is 4.74. The summed E-state index contributed by atoms with van der Waals surface area (Å²) in [5, 5.41) is 0. The van der Waals surface area contributed by atoms with Gasteiger partial charge in [-0.15, -0.1) is 0 Å². The Hall–Kier alpha value is -3.86. The minimum atomic E-state index is -0.207. The van der Waals surface area contributed by atoms with Crippen LogP contribution in [-0.4, -0.2) is 26.1 Å². The average molecular weight is 484 g/mol. The van der Waals surface area contributed by atoms with E-state index >= 15 is 0 Å². The van der Waals surface area contributed by atoms with Gasteiger partial charge in [-0.05, 0) is 66.6 Å². The summed E-state index contributed by atoms with van der Waals surface area (Å²) in [5.74, 6) is 0.690. The number of anilines is 1. The number of esters is 1. The molecule has 3 aromatic carbocycles. The van der Waals surface area contributed by atoms with Crippen LogP contribution in [0.3, 0.4) is 0 Å². The normalized spacial score (nSPS) is 17.2. The molecule has 3 aromatic rings. The number of methoxy groups -OCH3 is 2. The topological polar surface area (TPSA) is 55.8 Å². The first-order chi connectivity index (χ1) is 17.6. The zero-order valence-corrected chi connectivity index (χ0v) is 20.9. The van der Waals surface area contributed by atoms with Gasteiger partial charge in [-0.25, -0.2) is 0 Å². The molecule has 0 aliphatic carbocycles. The van der Waals surface area contributed by atoms with E-state index in [4.69, 9.17) is 4.74 Å². The molecule has 0 spiro atoms. The first kappa shape index (κ1) is 25.2. The molecular weight excluding hydrogens is 450 g/mol. The van der Waals surface area contributed by atoms with E-state index < -0.39 is 0 Å². The third kappa shape index (κ3) is 6.03. The van der Waals surface area contributed by atoms with Crippen molar-refractivity contribution in [2.75, 3.05) is 19.1 Å². The van der Waals surface area contributed by atoms with Crippen molar-refractivity contribution in [1.82, 2.24) is 0 Å². The van der Waals surface area contributed by atoms with Crippen molar-refractivity contribution in [2.45, 2.75) is 38.1 Å². The molecule has 1 saturated heterocycles. The summed E-state index contributed by atoms with van der Waals surface area (Å²) >= 11 is 0. The molecule has 0 radical (unpaired) electrons. The van der Waals surface area contributed by atoms with Crippen LogP contribution in [0.15, 0.2) is 84.9 Å². The summed E-state index contributed by atoms with van der Waals surface area (Å²) in [6, 6.07) is 26.5. The SMILES string of the molecule is COC(=O)CC/C=C/c1ccc([C@@H]2[C@@H](CCCc3ccccc3)C(=O)N2c2ccc(OC)cc2)cc1. The maximum Gasteiger partial charge on any atom is 0.305 e. The molecule has 0 unspecified atom stereocenters. The molecule has 36 heavy (non-hydrogen) atoms. The second-order valence-corrected chi connectivity index (χ2v) is 9.02. The van der Waals surface area contributed by atoms with Gasteiger partial charge in [0.05, 0.1) is 26.2 Å². The summed E-state index contributed by atoms with van der Waals surface area (Å²) in [7, 11) is 3.04. The molecule has 0 aromatic heterocycles. The first-order valence-corrected chi connectivity index (χ1v) is 12.4. The van der Waals surface area contributed by atoms with Crippen LogP contribution in [0.25, 0.3) is 6.08 Å². The maximum atomic E-state index is 13.3. The average Bonchev–Trinajstić information content (AvgIpc) is 2.93. The van der Waals surface area contributed by atoms with Crippen molar-refractivity contribution in [3.05, 3.63) is 102 Å². The number of rotatable bonds is 11. The predicted octanol–water partition coefficient (Wildman–Crippen LogP) is 6.39. The molecule has 0 N–H and O–H groups in total. The number of aryl methyl sites for hydroxylation is 1. The van der Waals surface area contributed by atoms with Gasteiger partial charge < -0.3 is 14.4 Å². The van der Waals surface area contributed by atoms with Gasteiger partial charge in [0, 0.05) is 12.1 Å². The summed E-state index contributed by atoms with van der Waals surface area (Å²) in [6.07, 6.45) is 7.78. The molecule has 0 bridgehead atoms. The summed E-state index contributed by atoms with van der Waals surface area (Å²) < 4.78 is 9.98. The van der Waals surface area contributed by atoms with Crippen LogP contribution in [0.2, 0.25) is 0 Å². The van der Waals surface area contributed by atoms with Crippen LogP contribution >= 0.6 is 0 Å². The van der Waals surface area contributed by atoms with E-state index in [1.165, 1.54) is 12.7 Å². The summed E-state index contributed by atoms with van der Waals surface area (Å²) in [5.41, 5.74) is 4.38. The highest BCUT2D eigenvalue weighted by atomic mass is 16.5. The molecule has 186 valence electrons. The van der Waals surface area contributed by atoms with Gasteiger partial charge in [-0.1, -0.05) is 66.7 Å². The number of benzene rings is 3. The molecule has 0 saturated carbocycles. The quantitative estimate of drug-likeness (QED) is 0.234. The van der Waals surface area contributed by atoms with Crippen molar-refractivity contribution in [2.24, 2.45) is 5.92 Å². The molecule has 1 heterocycles. The van der Waals surface area contributed by atoms with Crippen molar-refractivity contribution in [1.29, 1.82) is 0 Å². The van der Waals surface area contributed by atoms with Crippen LogP contribution in [0, 0.1) is 5.92 Å². The van der Waals surface area contributed by atoms with Crippen molar-refractivity contribution in [3.8, 4) is 5.75 Å². The van der Waals surface area contributed by atoms with Gasteiger partial charge in [-0.3, -0.25) is 9.59 Å². The lowest BCUT2D eigenvalue weighted by atomic mass is 9.78. The third-order valence-electron chi connectivity index (χ3n) is 6.72. The van der Waals surface area contributed by atoms with E-state index in [0.29, 0.717) is 12.8 Å². The van der Waals surface area contributed by atoms with Gasteiger partial charge in [0.15, 0.2) is 0 Å². The number of nitrogens with zero attached hydrogens (tertiary/aromatic N) is 1. The number of β-lactam (4-membered cyclic amide) rings is 1. The zero-order chi connectivity index (χ0) is 25.3. The highest BCUT2D eigenvalue weighted by Gasteiger charge is 2.48. The number of hydrogen-bond acceptors (Lipinski definition) is 4. The van der Waals surface area contributed by atoms with E-state index in [-0.39, 0.29) is 23.8 Å². The molecule has 5 nitrogen and oxygen atoms in total. The van der Waals surface area contributed by atoms with Crippen LogP contribution < -0.4 is 9.64 Å². The molecule has 1 aliphatic rings. The summed E-state index contributed by atoms with van der Waals surface area (Å²) in [6.45, 7) is 0. The molecular formula is C31H33NO4. The van der Waals surface area contributed by atoms with Gasteiger partial charge in [0.1, 0.15) is 5.75 Å². The Morgan fingerprint density at radius 2 is 1.67 bits per heavy atom. The summed E-state index contributed by atoms with van der Waals surface area (Å²) in [4.78, 5) is 26.5. The van der Waals surface area contributed by atoms with E-state index in [9.17, 15) is 9.59 Å². The monoisotopic (exact) mass is 483 g/mol. The largest absolute Gasteiger partial charge is 0.497 e. The number of ether oxygens (including phenoxy) is 2. The Bertz CT molecular complexity index is 1170. The van der Waals surface area contributed by atoms with Crippen LogP contribution in [0.5, 0.6) is 5.75 Å². The van der Waals surface area contributed by atoms with E-state index in [0.717, 1.165) is 41.8 Å². The third-order valence-corrected chi connectivity index (χ3v) is 6.72. The zero-order valence-electron chi connectivity index (χ0n) is 20.9. The highest BCUT2D eigenvalue weighted by molar-refractivity contribution is 6.03. The maximum absolute atomic E-state index is 13.3. The Kier molecular flexibility index (Phi) is 8.56. The van der Waals surface area contributed by atoms with Crippen LogP contribution in [-0.2, 0) is 20.7 Å². The number of amides is 1. The van der Waals surface area contributed by atoms with E-state index in [1.807, 2.05) is 47.4 Å². The minimum Gasteiger partial charge on any atom is -0.497 e. The minimum absolute atomic E-state index is 0.000905. The fraction of sp³-hybridized carbons (Fsp3) is 0.290. The Morgan fingerprint density at radius 1 is 0.944 bits per heavy atom. The van der Waals surface area contributed by atoms with E-state index in [2.05, 4.69) is 53.3 Å². The van der Waals surface area contributed by atoms with Gasteiger partial charge in [0.2, 0.25) is 5.91 Å². The van der Waals surface area contributed by atoms with Crippen molar-refractivity contribution < 1.29 is 19.1 Å². The Morgan fingerprint density at radius 3 is 2.33 bits per heavy atom. The molecule has 1 amide bonds. The van der Waals surface area contributed by atoms with E-state index in [1.54, 1.807) is 7.11 Å². The molecule has 2 atom stereocenters. The molecule has 1 aliphatic heterocycles. The Balaban J connectivity index is 1.48.